The highest BCUT2D eigenvalue weighted by molar-refractivity contribution is 5.91. The summed E-state index contributed by atoms with van der Waals surface area (Å²) in [6.07, 6.45) is 4.15. The van der Waals surface area contributed by atoms with Crippen LogP contribution in [-0.4, -0.2) is 27.7 Å². The monoisotopic (exact) mass is 374 g/mol. The van der Waals surface area contributed by atoms with Gasteiger partial charge in [-0.1, -0.05) is 25.1 Å². The van der Waals surface area contributed by atoms with E-state index in [0.717, 1.165) is 28.5 Å². The molecule has 2 aromatic heterocycles. The number of phenolic OH excluding ortho intramolecular Hbond substituents is 1. The molecule has 0 spiro atoms. The summed E-state index contributed by atoms with van der Waals surface area (Å²) in [7, 11) is 0. The minimum atomic E-state index is 0.0370. The normalized spacial score (nSPS) is 12.2. The SMILES string of the molecule is CCC(N)CNc1nc(-c2cc(-c3ccoc3)ccc2O)nc2ccccc12. The van der Waals surface area contributed by atoms with Crippen LogP contribution in [0.5, 0.6) is 5.75 Å². The number of nitrogens with one attached hydrogen (secondary N) is 1. The van der Waals surface area contributed by atoms with Crippen molar-refractivity contribution in [1.29, 1.82) is 0 Å². The van der Waals surface area contributed by atoms with Crippen LogP contribution in [-0.2, 0) is 0 Å². The quantitative estimate of drug-likeness (QED) is 0.462. The molecule has 6 heteroatoms. The number of benzene rings is 2. The first-order chi connectivity index (χ1) is 13.7. The number of phenols is 1. The Kier molecular flexibility index (Phi) is 4.95. The van der Waals surface area contributed by atoms with E-state index in [4.69, 9.17) is 15.1 Å². The van der Waals surface area contributed by atoms with Crippen molar-refractivity contribution in [1.82, 2.24) is 9.97 Å². The van der Waals surface area contributed by atoms with Gasteiger partial charge in [0.2, 0.25) is 0 Å². The van der Waals surface area contributed by atoms with Crippen LogP contribution in [0.4, 0.5) is 5.82 Å². The van der Waals surface area contributed by atoms with Gasteiger partial charge in [-0.3, -0.25) is 0 Å². The van der Waals surface area contributed by atoms with Crippen molar-refractivity contribution in [2.75, 3.05) is 11.9 Å². The van der Waals surface area contributed by atoms with Gasteiger partial charge in [-0.25, -0.2) is 9.97 Å². The van der Waals surface area contributed by atoms with E-state index < -0.39 is 0 Å². The lowest BCUT2D eigenvalue weighted by Crippen LogP contribution is -2.28. The maximum absolute atomic E-state index is 10.5. The van der Waals surface area contributed by atoms with E-state index in [9.17, 15) is 5.11 Å². The van der Waals surface area contributed by atoms with Gasteiger partial charge in [0.15, 0.2) is 5.82 Å². The average molecular weight is 374 g/mol. The number of aromatic hydroxyl groups is 1. The molecule has 4 aromatic rings. The molecule has 0 aliphatic heterocycles. The highest BCUT2D eigenvalue weighted by Crippen LogP contribution is 2.34. The van der Waals surface area contributed by atoms with Gasteiger partial charge in [0, 0.05) is 23.5 Å². The smallest absolute Gasteiger partial charge is 0.165 e. The summed E-state index contributed by atoms with van der Waals surface area (Å²) in [5.41, 5.74) is 9.26. The van der Waals surface area contributed by atoms with E-state index in [-0.39, 0.29) is 11.8 Å². The van der Waals surface area contributed by atoms with E-state index in [1.54, 1.807) is 18.6 Å². The first-order valence-electron chi connectivity index (χ1n) is 9.28. The number of furan rings is 1. The van der Waals surface area contributed by atoms with Gasteiger partial charge in [-0.2, -0.15) is 0 Å². The minimum Gasteiger partial charge on any atom is -0.507 e. The molecule has 28 heavy (non-hydrogen) atoms. The van der Waals surface area contributed by atoms with Crippen molar-refractivity contribution in [3.05, 3.63) is 61.1 Å². The molecule has 0 aliphatic rings. The number of aromatic nitrogens is 2. The number of nitrogens with zero attached hydrogens (tertiary/aromatic N) is 2. The summed E-state index contributed by atoms with van der Waals surface area (Å²) >= 11 is 0. The van der Waals surface area contributed by atoms with Gasteiger partial charge in [-0.05, 0) is 42.3 Å². The van der Waals surface area contributed by atoms with E-state index >= 15 is 0 Å². The Bertz CT molecular complexity index is 1090. The average Bonchev–Trinajstić information content (AvgIpc) is 3.26. The van der Waals surface area contributed by atoms with Crippen LogP contribution < -0.4 is 11.1 Å². The Morgan fingerprint density at radius 1 is 1.11 bits per heavy atom. The third-order valence-electron chi connectivity index (χ3n) is 4.75. The Morgan fingerprint density at radius 3 is 2.75 bits per heavy atom. The van der Waals surface area contributed by atoms with Crippen molar-refractivity contribution in [3.8, 4) is 28.3 Å². The summed E-state index contributed by atoms with van der Waals surface area (Å²) in [5, 5.41) is 14.7. The summed E-state index contributed by atoms with van der Waals surface area (Å²) < 4.78 is 5.17. The van der Waals surface area contributed by atoms with Gasteiger partial charge >= 0.3 is 0 Å². The van der Waals surface area contributed by atoms with Crippen molar-refractivity contribution < 1.29 is 9.52 Å². The van der Waals surface area contributed by atoms with Crippen LogP contribution in [0.1, 0.15) is 13.3 Å². The van der Waals surface area contributed by atoms with Crippen LogP contribution >= 0.6 is 0 Å². The van der Waals surface area contributed by atoms with E-state index in [2.05, 4.69) is 17.2 Å². The number of hydrogen-bond acceptors (Lipinski definition) is 6. The fraction of sp³-hybridized carbons (Fsp3) is 0.182. The number of rotatable bonds is 6. The molecule has 6 nitrogen and oxygen atoms in total. The van der Waals surface area contributed by atoms with Gasteiger partial charge in [0.05, 0.1) is 23.6 Å². The van der Waals surface area contributed by atoms with Crippen molar-refractivity contribution >= 4 is 16.7 Å². The zero-order valence-electron chi connectivity index (χ0n) is 15.6. The maximum atomic E-state index is 10.5. The summed E-state index contributed by atoms with van der Waals surface area (Å²) in [4.78, 5) is 9.37. The lowest BCUT2D eigenvalue weighted by molar-refractivity contribution is 0.477. The molecule has 0 fully saturated rings. The fourth-order valence-electron chi connectivity index (χ4n) is 3.03. The van der Waals surface area contributed by atoms with E-state index in [1.165, 1.54) is 0 Å². The van der Waals surface area contributed by atoms with Crippen molar-refractivity contribution in [2.24, 2.45) is 5.73 Å². The maximum Gasteiger partial charge on any atom is 0.165 e. The topological polar surface area (TPSA) is 97.2 Å². The Labute approximate surface area is 163 Å². The number of fused-ring (bicyclic) bond motifs is 1. The molecule has 0 aliphatic carbocycles. The molecule has 1 unspecified atom stereocenters. The standard InChI is InChI=1S/C22H22N4O2/c1-2-16(23)12-24-21-17-5-3-4-6-19(17)25-22(26-21)18-11-14(7-8-20(18)27)15-9-10-28-13-15/h3-11,13,16,27H,2,12,23H2,1H3,(H,24,25,26). The van der Waals surface area contributed by atoms with Gasteiger partial charge in [0.25, 0.3) is 0 Å². The lowest BCUT2D eigenvalue weighted by atomic mass is 10.0. The molecular weight excluding hydrogens is 352 g/mol. The molecule has 0 saturated heterocycles. The van der Waals surface area contributed by atoms with Crippen LogP contribution in [0.15, 0.2) is 65.5 Å². The molecule has 0 bridgehead atoms. The Balaban J connectivity index is 1.81. The number of hydrogen-bond donors (Lipinski definition) is 3. The van der Waals surface area contributed by atoms with Crippen LogP contribution in [0.3, 0.4) is 0 Å². The molecular formula is C22H22N4O2. The minimum absolute atomic E-state index is 0.0370. The zero-order chi connectivity index (χ0) is 19.5. The molecule has 1 atom stereocenters. The second-order valence-electron chi connectivity index (χ2n) is 6.71. The molecule has 4 rings (SSSR count). The van der Waals surface area contributed by atoms with Gasteiger partial charge < -0.3 is 20.6 Å². The molecule has 0 saturated carbocycles. The fourth-order valence-corrected chi connectivity index (χ4v) is 3.03. The van der Waals surface area contributed by atoms with Crippen LogP contribution in [0.2, 0.25) is 0 Å². The first-order valence-corrected chi connectivity index (χ1v) is 9.28. The van der Waals surface area contributed by atoms with E-state index in [1.807, 2.05) is 42.5 Å². The third kappa shape index (κ3) is 3.54. The largest absolute Gasteiger partial charge is 0.507 e. The summed E-state index contributed by atoms with van der Waals surface area (Å²) in [6.45, 7) is 2.66. The van der Waals surface area contributed by atoms with Gasteiger partial charge in [0.1, 0.15) is 11.6 Å². The van der Waals surface area contributed by atoms with E-state index in [0.29, 0.717) is 23.8 Å². The zero-order valence-corrected chi connectivity index (χ0v) is 15.6. The molecule has 2 aromatic carbocycles. The molecule has 0 amide bonds. The lowest BCUT2D eigenvalue weighted by Gasteiger charge is -2.14. The van der Waals surface area contributed by atoms with Crippen molar-refractivity contribution in [2.45, 2.75) is 19.4 Å². The Hall–Kier alpha value is -3.38. The number of para-hydroxylation sites is 1. The predicted molar refractivity (Wildman–Crippen MR) is 111 cm³/mol. The first kappa shape index (κ1) is 18.0. The second kappa shape index (κ2) is 7.70. The highest BCUT2D eigenvalue weighted by Gasteiger charge is 2.14. The van der Waals surface area contributed by atoms with Crippen LogP contribution in [0.25, 0.3) is 33.4 Å². The van der Waals surface area contributed by atoms with Crippen LogP contribution in [0, 0.1) is 0 Å². The number of nitrogens with two attached hydrogens (primary N) is 1. The predicted octanol–water partition coefficient (Wildman–Crippen LogP) is 4.41. The molecule has 2 heterocycles. The van der Waals surface area contributed by atoms with Crippen molar-refractivity contribution in [3.63, 3.8) is 0 Å². The summed E-state index contributed by atoms with van der Waals surface area (Å²) in [5.74, 6) is 1.28. The molecule has 4 N–H and O–H groups in total. The third-order valence-corrected chi connectivity index (χ3v) is 4.75. The Morgan fingerprint density at radius 2 is 1.96 bits per heavy atom. The second-order valence-corrected chi connectivity index (χ2v) is 6.71. The molecule has 142 valence electrons. The van der Waals surface area contributed by atoms with Gasteiger partial charge in [-0.15, -0.1) is 0 Å². The molecule has 0 radical (unpaired) electrons. The number of anilines is 1. The highest BCUT2D eigenvalue weighted by atomic mass is 16.3. The summed E-state index contributed by atoms with van der Waals surface area (Å²) in [6, 6.07) is 15.1.